The zero-order chi connectivity index (χ0) is 26.4. The second-order valence-electron chi connectivity index (χ2n) is 10.2. The number of anilines is 1. The van der Waals surface area contributed by atoms with Crippen LogP contribution < -0.4 is 9.64 Å². The Hall–Kier alpha value is -3.36. The first kappa shape index (κ1) is 26.7. The molecule has 7 nitrogen and oxygen atoms in total. The van der Waals surface area contributed by atoms with Gasteiger partial charge in [-0.1, -0.05) is 33.1 Å². The minimum absolute atomic E-state index is 0.0428. The van der Waals surface area contributed by atoms with E-state index in [-0.39, 0.29) is 40.9 Å². The summed E-state index contributed by atoms with van der Waals surface area (Å²) in [6, 6.07) is 7.89. The second kappa shape index (κ2) is 11.8. The van der Waals surface area contributed by atoms with Gasteiger partial charge in [-0.25, -0.2) is 8.78 Å². The normalized spacial score (nSPS) is 19.9. The summed E-state index contributed by atoms with van der Waals surface area (Å²) in [5.74, 6) is -0.0665. The average Bonchev–Trinajstić information content (AvgIpc) is 3.09. The van der Waals surface area contributed by atoms with Crippen molar-refractivity contribution in [3.63, 3.8) is 0 Å². The Bertz CT molecular complexity index is 1170. The highest BCUT2D eigenvalue weighted by atomic mass is 19.1. The summed E-state index contributed by atoms with van der Waals surface area (Å²) in [4.78, 5) is 2.01. The Morgan fingerprint density at radius 1 is 1.14 bits per heavy atom. The summed E-state index contributed by atoms with van der Waals surface area (Å²) in [6.45, 7) is 4.29. The van der Waals surface area contributed by atoms with Gasteiger partial charge in [0.2, 0.25) is 5.88 Å². The maximum atomic E-state index is 15.2. The van der Waals surface area contributed by atoms with Crippen LogP contribution in [0.25, 0.3) is 22.4 Å². The monoisotopic (exact) mass is 511 g/mol. The molecule has 37 heavy (non-hydrogen) atoms. The van der Waals surface area contributed by atoms with Gasteiger partial charge in [-0.05, 0) is 60.9 Å². The fourth-order valence-corrected chi connectivity index (χ4v) is 5.61. The molecule has 0 unspecified atom stereocenters. The Balaban J connectivity index is 1.61. The predicted octanol–water partition coefficient (Wildman–Crippen LogP) is 6.37. The summed E-state index contributed by atoms with van der Waals surface area (Å²) in [5, 5.41) is 26.9. The van der Waals surface area contributed by atoms with Crippen LogP contribution in [-0.2, 0) is 0 Å². The van der Waals surface area contributed by atoms with Gasteiger partial charge < -0.3 is 14.7 Å². The topological polar surface area (TPSA) is 84.3 Å². The van der Waals surface area contributed by atoms with E-state index in [1.807, 2.05) is 4.90 Å². The third kappa shape index (κ3) is 6.14. The number of methoxy groups -OCH3 is 1. The van der Waals surface area contributed by atoms with Crippen LogP contribution in [0.15, 0.2) is 36.5 Å². The molecule has 1 aromatic carbocycles. The molecule has 1 saturated carbocycles. The first-order valence-corrected chi connectivity index (χ1v) is 12.9. The van der Waals surface area contributed by atoms with Gasteiger partial charge in [-0.3, -0.25) is 0 Å². The van der Waals surface area contributed by atoms with Crippen LogP contribution >= 0.6 is 0 Å². The predicted molar refractivity (Wildman–Crippen MR) is 140 cm³/mol. The van der Waals surface area contributed by atoms with E-state index in [1.165, 1.54) is 38.3 Å². The molecule has 1 fully saturated rings. The van der Waals surface area contributed by atoms with Gasteiger partial charge in [-0.2, -0.15) is 5.10 Å². The van der Waals surface area contributed by atoms with Crippen molar-refractivity contribution >= 4 is 5.82 Å². The number of alkyl halides is 1. The zero-order valence-corrected chi connectivity index (χ0v) is 21.8. The van der Waals surface area contributed by atoms with Gasteiger partial charge in [0.1, 0.15) is 18.2 Å². The zero-order valence-electron chi connectivity index (χ0n) is 21.8. The van der Waals surface area contributed by atoms with Crippen molar-refractivity contribution < 1.29 is 18.6 Å². The number of rotatable bonds is 9. The number of benzene rings is 1. The molecule has 0 bridgehead atoms. The molecule has 0 spiro atoms. The Morgan fingerprint density at radius 3 is 2.65 bits per heavy atom. The molecule has 1 aliphatic carbocycles. The molecule has 4 rings (SSSR count). The van der Waals surface area contributed by atoms with Gasteiger partial charge in [-0.15, -0.1) is 15.3 Å². The Labute approximate surface area is 216 Å². The van der Waals surface area contributed by atoms with E-state index in [4.69, 9.17) is 4.74 Å². The fourth-order valence-electron chi connectivity index (χ4n) is 5.61. The number of phenols is 1. The van der Waals surface area contributed by atoms with Gasteiger partial charge in [0.15, 0.2) is 5.82 Å². The molecule has 198 valence electrons. The lowest BCUT2D eigenvalue weighted by atomic mass is 9.77. The van der Waals surface area contributed by atoms with Crippen LogP contribution in [0.4, 0.5) is 14.6 Å². The van der Waals surface area contributed by atoms with E-state index in [9.17, 15) is 9.50 Å². The minimum atomic E-state index is -0.646. The lowest BCUT2D eigenvalue weighted by Crippen LogP contribution is -2.40. The summed E-state index contributed by atoms with van der Waals surface area (Å²) in [6.07, 6.45) is 9.16. The van der Waals surface area contributed by atoms with Crippen LogP contribution in [0.1, 0.15) is 58.8 Å². The van der Waals surface area contributed by atoms with Crippen molar-refractivity contribution in [2.24, 2.45) is 5.41 Å². The number of nitrogens with zero attached hydrogens (tertiary/aromatic N) is 5. The van der Waals surface area contributed by atoms with Crippen LogP contribution in [0.3, 0.4) is 0 Å². The SMILES string of the molecule is CCC[C@]1(C)CCCC[C@H](N(CCF)c2ccc(-c3c(O)cc(-c4cnnc(OC)c4)cc3F)nn2)C1. The Morgan fingerprint density at radius 2 is 1.97 bits per heavy atom. The Kier molecular flexibility index (Phi) is 8.51. The van der Waals surface area contributed by atoms with Gasteiger partial charge >= 0.3 is 0 Å². The van der Waals surface area contributed by atoms with Gasteiger partial charge in [0.05, 0.1) is 24.6 Å². The largest absolute Gasteiger partial charge is 0.507 e. The van der Waals surface area contributed by atoms with Crippen LogP contribution in [-0.4, -0.2) is 51.9 Å². The smallest absolute Gasteiger partial charge is 0.233 e. The molecule has 3 aromatic rings. The molecule has 1 N–H and O–H groups in total. The van der Waals surface area contributed by atoms with E-state index in [1.54, 1.807) is 18.2 Å². The number of halogens is 2. The molecule has 0 amide bonds. The molecule has 2 aromatic heterocycles. The molecule has 9 heteroatoms. The van der Waals surface area contributed by atoms with Crippen molar-refractivity contribution in [1.82, 2.24) is 20.4 Å². The van der Waals surface area contributed by atoms with Crippen LogP contribution in [0, 0.1) is 11.2 Å². The van der Waals surface area contributed by atoms with Crippen molar-refractivity contribution in [3.05, 3.63) is 42.3 Å². The van der Waals surface area contributed by atoms with E-state index in [2.05, 4.69) is 34.2 Å². The lowest BCUT2D eigenvalue weighted by Gasteiger charge is -2.37. The van der Waals surface area contributed by atoms with E-state index in [0.29, 0.717) is 16.9 Å². The van der Waals surface area contributed by atoms with Crippen molar-refractivity contribution in [1.29, 1.82) is 0 Å². The lowest BCUT2D eigenvalue weighted by molar-refractivity contribution is 0.235. The molecule has 0 saturated heterocycles. The number of hydrogen-bond donors (Lipinski definition) is 1. The van der Waals surface area contributed by atoms with Crippen LogP contribution in [0.2, 0.25) is 0 Å². The van der Waals surface area contributed by atoms with E-state index in [0.717, 1.165) is 32.1 Å². The third-order valence-corrected chi connectivity index (χ3v) is 7.36. The van der Waals surface area contributed by atoms with E-state index >= 15 is 4.39 Å². The minimum Gasteiger partial charge on any atom is -0.507 e. The molecule has 0 aliphatic heterocycles. The molecular weight excluding hydrogens is 476 g/mol. The van der Waals surface area contributed by atoms with Gasteiger partial charge in [0.25, 0.3) is 0 Å². The number of aromatic hydroxyl groups is 1. The highest BCUT2D eigenvalue weighted by Gasteiger charge is 2.33. The molecule has 0 radical (unpaired) electrons. The molecule has 2 heterocycles. The summed E-state index contributed by atoms with van der Waals surface area (Å²) in [5.41, 5.74) is 1.36. The molecule has 2 atom stereocenters. The number of phenolic OH excluding ortho intramolecular Hbond substituents is 1. The first-order valence-electron chi connectivity index (χ1n) is 12.9. The van der Waals surface area contributed by atoms with Gasteiger partial charge in [0, 0.05) is 24.2 Å². The highest BCUT2D eigenvalue weighted by molar-refractivity contribution is 5.75. The fraction of sp³-hybridized carbons (Fsp3) is 0.500. The maximum absolute atomic E-state index is 15.2. The molecular formula is C28H35F2N5O2. The second-order valence-corrected chi connectivity index (χ2v) is 10.2. The maximum Gasteiger partial charge on any atom is 0.233 e. The highest BCUT2D eigenvalue weighted by Crippen LogP contribution is 2.41. The van der Waals surface area contributed by atoms with Crippen molar-refractivity contribution in [3.8, 4) is 34.0 Å². The summed E-state index contributed by atoms with van der Waals surface area (Å²) in [7, 11) is 1.46. The number of ether oxygens (including phenoxy) is 1. The quantitative estimate of drug-likeness (QED) is 0.334. The van der Waals surface area contributed by atoms with E-state index < -0.39 is 12.5 Å². The molecule has 1 aliphatic rings. The van der Waals surface area contributed by atoms with Crippen molar-refractivity contribution in [2.45, 2.75) is 64.8 Å². The summed E-state index contributed by atoms with van der Waals surface area (Å²) < 4.78 is 33.9. The van der Waals surface area contributed by atoms with Crippen LogP contribution in [0.5, 0.6) is 11.6 Å². The number of aromatic nitrogens is 4. The first-order chi connectivity index (χ1) is 17.9. The number of hydrogen-bond acceptors (Lipinski definition) is 7. The van der Waals surface area contributed by atoms with Crippen molar-refractivity contribution in [2.75, 3.05) is 25.2 Å². The average molecular weight is 512 g/mol. The third-order valence-electron chi connectivity index (χ3n) is 7.36. The standard InChI is InChI=1S/C28H35F2N5O2/c1-4-10-28(2)11-6-5-7-21(17-28)35(13-12-29)25-9-8-23(32-33-25)27-22(30)14-19(15-24(27)36)20-16-26(37-3)34-31-18-20/h8-9,14-16,18,21,36H,4-7,10-13,17H2,1-3H3/t21-,28+/m0/s1. The summed E-state index contributed by atoms with van der Waals surface area (Å²) >= 11 is 0.